The standard InChI is InChI=1S/C14H27NO/c1-11(2)16-14-9-15(10-14)8-13-6-4-12(3)5-7-13/h11-14H,4-10H2,1-3H3. The summed E-state index contributed by atoms with van der Waals surface area (Å²) in [6.07, 6.45) is 6.71. The van der Waals surface area contributed by atoms with Gasteiger partial charge in [-0.15, -0.1) is 0 Å². The van der Waals surface area contributed by atoms with Gasteiger partial charge < -0.3 is 4.74 Å². The van der Waals surface area contributed by atoms with Crippen LogP contribution in [0.2, 0.25) is 0 Å². The molecule has 0 aromatic heterocycles. The van der Waals surface area contributed by atoms with Gasteiger partial charge in [0.25, 0.3) is 0 Å². The van der Waals surface area contributed by atoms with Crippen LogP contribution in [0.3, 0.4) is 0 Å². The Morgan fingerprint density at radius 3 is 2.31 bits per heavy atom. The third kappa shape index (κ3) is 3.46. The van der Waals surface area contributed by atoms with Crippen molar-refractivity contribution in [3.05, 3.63) is 0 Å². The van der Waals surface area contributed by atoms with Gasteiger partial charge in [-0.05, 0) is 38.5 Å². The molecule has 1 aliphatic heterocycles. The SMILES string of the molecule is CC1CCC(CN2CC(OC(C)C)C2)CC1. The second-order valence-corrected chi connectivity index (χ2v) is 6.15. The molecule has 0 unspecified atom stereocenters. The average Bonchev–Trinajstić information content (AvgIpc) is 2.17. The summed E-state index contributed by atoms with van der Waals surface area (Å²) in [5.41, 5.74) is 0. The second-order valence-electron chi connectivity index (χ2n) is 6.15. The van der Waals surface area contributed by atoms with Gasteiger partial charge in [-0.1, -0.05) is 19.8 Å². The first-order chi connectivity index (χ1) is 7.63. The smallest absolute Gasteiger partial charge is 0.0832 e. The highest BCUT2D eigenvalue weighted by molar-refractivity contribution is 4.84. The van der Waals surface area contributed by atoms with Crippen molar-refractivity contribution in [2.24, 2.45) is 11.8 Å². The zero-order valence-electron chi connectivity index (χ0n) is 11.1. The number of rotatable bonds is 4. The van der Waals surface area contributed by atoms with Gasteiger partial charge in [0.1, 0.15) is 0 Å². The van der Waals surface area contributed by atoms with Crippen molar-refractivity contribution in [1.82, 2.24) is 4.90 Å². The van der Waals surface area contributed by atoms with Crippen molar-refractivity contribution < 1.29 is 4.74 Å². The molecule has 2 nitrogen and oxygen atoms in total. The third-order valence-electron chi connectivity index (χ3n) is 4.04. The van der Waals surface area contributed by atoms with E-state index in [9.17, 15) is 0 Å². The van der Waals surface area contributed by atoms with Crippen LogP contribution in [0.25, 0.3) is 0 Å². The molecular formula is C14H27NO. The number of nitrogens with zero attached hydrogens (tertiary/aromatic N) is 1. The molecule has 16 heavy (non-hydrogen) atoms. The minimum atomic E-state index is 0.391. The van der Waals surface area contributed by atoms with E-state index in [1.807, 2.05) is 0 Å². The Balaban J connectivity index is 1.59. The number of likely N-dealkylation sites (tertiary alicyclic amines) is 1. The van der Waals surface area contributed by atoms with E-state index in [1.165, 1.54) is 45.3 Å². The zero-order valence-corrected chi connectivity index (χ0v) is 11.1. The van der Waals surface area contributed by atoms with Crippen molar-refractivity contribution in [1.29, 1.82) is 0 Å². The molecule has 0 N–H and O–H groups in total. The highest BCUT2D eigenvalue weighted by Crippen LogP contribution is 2.30. The first-order valence-corrected chi connectivity index (χ1v) is 7.01. The fourth-order valence-corrected chi connectivity index (χ4v) is 3.02. The van der Waals surface area contributed by atoms with Gasteiger partial charge in [0, 0.05) is 19.6 Å². The van der Waals surface area contributed by atoms with E-state index in [0.717, 1.165) is 11.8 Å². The first-order valence-electron chi connectivity index (χ1n) is 7.01. The van der Waals surface area contributed by atoms with Crippen LogP contribution >= 0.6 is 0 Å². The molecule has 0 atom stereocenters. The maximum absolute atomic E-state index is 5.78. The van der Waals surface area contributed by atoms with Gasteiger partial charge in [0.05, 0.1) is 12.2 Å². The highest BCUT2D eigenvalue weighted by atomic mass is 16.5. The van der Waals surface area contributed by atoms with Crippen molar-refractivity contribution in [3.8, 4) is 0 Å². The summed E-state index contributed by atoms with van der Waals surface area (Å²) in [4.78, 5) is 2.58. The van der Waals surface area contributed by atoms with Crippen LogP contribution in [-0.4, -0.2) is 36.7 Å². The molecule has 1 heterocycles. The Hall–Kier alpha value is -0.0800. The lowest BCUT2D eigenvalue weighted by Gasteiger charge is -2.42. The summed E-state index contributed by atoms with van der Waals surface area (Å²) in [6.45, 7) is 10.3. The number of hydrogen-bond donors (Lipinski definition) is 0. The largest absolute Gasteiger partial charge is 0.373 e. The van der Waals surface area contributed by atoms with Crippen molar-refractivity contribution in [2.45, 2.75) is 58.7 Å². The predicted molar refractivity (Wildman–Crippen MR) is 67.6 cm³/mol. The van der Waals surface area contributed by atoms with E-state index >= 15 is 0 Å². The predicted octanol–water partition coefficient (Wildman–Crippen LogP) is 2.92. The Labute approximate surface area is 100 Å². The van der Waals surface area contributed by atoms with Crippen LogP contribution in [0, 0.1) is 11.8 Å². The average molecular weight is 225 g/mol. The lowest BCUT2D eigenvalue weighted by Crippen LogP contribution is -2.54. The summed E-state index contributed by atoms with van der Waals surface area (Å²) >= 11 is 0. The Bertz CT molecular complexity index is 203. The summed E-state index contributed by atoms with van der Waals surface area (Å²) < 4.78 is 5.78. The van der Waals surface area contributed by atoms with E-state index in [1.54, 1.807) is 0 Å². The molecule has 2 aliphatic rings. The maximum atomic E-state index is 5.78. The summed E-state index contributed by atoms with van der Waals surface area (Å²) in [5, 5.41) is 0. The summed E-state index contributed by atoms with van der Waals surface area (Å²) in [5.74, 6) is 1.95. The van der Waals surface area contributed by atoms with Gasteiger partial charge in [0.2, 0.25) is 0 Å². The second kappa shape index (κ2) is 5.50. The Morgan fingerprint density at radius 1 is 1.12 bits per heavy atom. The van der Waals surface area contributed by atoms with E-state index in [0.29, 0.717) is 12.2 Å². The quantitative estimate of drug-likeness (QED) is 0.729. The maximum Gasteiger partial charge on any atom is 0.0832 e. The minimum absolute atomic E-state index is 0.391. The molecule has 0 radical (unpaired) electrons. The Morgan fingerprint density at radius 2 is 1.75 bits per heavy atom. The van der Waals surface area contributed by atoms with Gasteiger partial charge in [0.15, 0.2) is 0 Å². The van der Waals surface area contributed by atoms with Crippen molar-refractivity contribution in [3.63, 3.8) is 0 Å². The molecule has 0 bridgehead atoms. The molecule has 0 aromatic rings. The summed E-state index contributed by atoms with van der Waals surface area (Å²) in [6, 6.07) is 0. The molecule has 2 rings (SSSR count). The van der Waals surface area contributed by atoms with Crippen LogP contribution in [-0.2, 0) is 4.74 Å². The lowest BCUT2D eigenvalue weighted by molar-refractivity contribution is -0.0857. The van der Waals surface area contributed by atoms with Crippen LogP contribution in [0.1, 0.15) is 46.5 Å². The molecule has 1 aliphatic carbocycles. The zero-order chi connectivity index (χ0) is 11.5. The molecule has 0 spiro atoms. The third-order valence-corrected chi connectivity index (χ3v) is 4.04. The fraction of sp³-hybridized carbons (Fsp3) is 1.00. The van der Waals surface area contributed by atoms with Crippen molar-refractivity contribution in [2.75, 3.05) is 19.6 Å². The lowest BCUT2D eigenvalue weighted by atomic mass is 9.82. The minimum Gasteiger partial charge on any atom is -0.373 e. The highest BCUT2D eigenvalue weighted by Gasteiger charge is 2.30. The van der Waals surface area contributed by atoms with Gasteiger partial charge >= 0.3 is 0 Å². The van der Waals surface area contributed by atoms with Crippen LogP contribution in [0.4, 0.5) is 0 Å². The summed E-state index contributed by atoms with van der Waals surface area (Å²) in [7, 11) is 0. The number of ether oxygens (including phenoxy) is 1. The molecule has 94 valence electrons. The topological polar surface area (TPSA) is 12.5 Å². The van der Waals surface area contributed by atoms with Gasteiger partial charge in [-0.25, -0.2) is 0 Å². The van der Waals surface area contributed by atoms with Crippen LogP contribution in [0.5, 0.6) is 0 Å². The molecule has 0 aromatic carbocycles. The van der Waals surface area contributed by atoms with Gasteiger partial charge in [-0.3, -0.25) is 4.90 Å². The molecule has 1 saturated heterocycles. The van der Waals surface area contributed by atoms with Crippen molar-refractivity contribution >= 4 is 0 Å². The number of hydrogen-bond acceptors (Lipinski definition) is 2. The molecule has 1 saturated carbocycles. The normalized spacial score (nSPS) is 33.0. The van der Waals surface area contributed by atoms with E-state index in [-0.39, 0.29) is 0 Å². The fourth-order valence-electron chi connectivity index (χ4n) is 3.02. The molecule has 2 fully saturated rings. The van der Waals surface area contributed by atoms with E-state index < -0.39 is 0 Å². The first kappa shape index (κ1) is 12.4. The van der Waals surface area contributed by atoms with Crippen LogP contribution in [0.15, 0.2) is 0 Å². The molecular weight excluding hydrogens is 198 g/mol. The van der Waals surface area contributed by atoms with E-state index in [2.05, 4.69) is 25.7 Å². The van der Waals surface area contributed by atoms with E-state index in [4.69, 9.17) is 4.74 Å². The van der Waals surface area contributed by atoms with Gasteiger partial charge in [-0.2, -0.15) is 0 Å². The van der Waals surface area contributed by atoms with Crippen LogP contribution < -0.4 is 0 Å². The molecule has 0 amide bonds. The monoisotopic (exact) mass is 225 g/mol. The Kier molecular flexibility index (Phi) is 4.26. The molecule has 2 heteroatoms.